The van der Waals surface area contributed by atoms with E-state index in [1.807, 2.05) is 47.3 Å². The Morgan fingerprint density at radius 3 is 2.62 bits per heavy atom. The number of pyridine rings is 1. The minimum Gasteiger partial charge on any atom is -0.461 e. The Morgan fingerprint density at radius 2 is 1.91 bits per heavy atom. The molecule has 0 N–H and O–H groups in total. The van der Waals surface area contributed by atoms with E-state index in [1.54, 1.807) is 41.0 Å². The van der Waals surface area contributed by atoms with Crippen molar-refractivity contribution in [3.63, 3.8) is 0 Å². The summed E-state index contributed by atoms with van der Waals surface area (Å²) in [5.41, 5.74) is 4.24. The van der Waals surface area contributed by atoms with E-state index < -0.39 is 5.97 Å². The van der Waals surface area contributed by atoms with Crippen LogP contribution in [-0.2, 0) is 24.2 Å². The number of benzene rings is 1. The quantitative estimate of drug-likeness (QED) is 0.414. The highest BCUT2D eigenvalue weighted by Gasteiger charge is 2.31. The predicted octanol–water partition coefficient (Wildman–Crippen LogP) is 2.89. The van der Waals surface area contributed by atoms with Crippen molar-refractivity contribution in [3.05, 3.63) is 95.3 Å². The molecule has 0 fully saturated rings. The summed E-state index contributed by atoms with van der Waals surface area (Å²) in [4.78, 5) is 32.0. The SMILES string of the molecule is CCOC(=O)c1nn(Cc2ccccn2)c2c1CN(C(=O)c1ccc(-n3cccn3)cc1)CC2. The molecule has 0 saturated carbocycles. The summed E-state index contributed by atoms with van der Waals surface area (Å²) in [5, 5.41) is 8.78. The van der Waals surface area contributed by atoms with Crippen LogP contribution in [0.15, 0.2) is 67.1 Å². The molecule has 4 aromatic rings. The van der Waals surface area contributed by atoms with E-state index >= 15 is 0 Å². The van der Waals surface area contributed by atoms with Crippen molar-refractivity contribution in [1.82, 2.24) is 29.4 Å². The topological polar surface area (TPSA) is 95.1 Å². The van der Waals surface area contributed by atoms with Gasteiger partial charge in [-0.15, -0.1) is 0 Å². The molecule has 34 heavy (non-hydrogen) atoms. The second-order valence-corrected chi connectivity index (χ2v) is 7.95. The third kappa shape index (κ3) is 4.19. The van der Waals surface area contributed by atoms with Gasteiger partial charge in [0.25, 0.3) is 5.91 Å². The molecule has 0 bridgehead atoms. The maximum atomic E-state index is 13.3. The number of amides is 1. The zero-order valence-corrected chi connectivity index (χ0v) is 18.8. The van der Waals surface area contributed by atoms with E-state index in [1.165, 1.54) is 0 Å². The zero-order chi connectivity index (χ0) is 23.5. The van der Waals surface area contributed by atoms with Gasteiger partial charge < -0.3 is 9.64 Å². The lowest BCUT2D eigenvalue weighted by molar-refractivity contribution is 0.0513. The van der Waals surface area contributed by atoms with Crippen molar-refractivity contribution < 1.29 is 14.3 Å². The lowest BCUT2D eigenvalue weighted by Crippen LogP contribution is -2.36. The first kappa shape index (κ1) is 21.6. The van der Waals surface area contributed by atoms with Crippen LogP contribution in [0.1, 0.15) is 44.7 Å². The number of carbonyl (C=O) groups is 2. The summed E-state index contributed by atoms with van der Waals surface area (Å²) in [5.74, 6) is -0.568. The first-order chi connectivity index (χ1) is 16.6. The largest absolute Gasteiger partial charge is 0.461 e. The number of carbonyl (C=O) groups excluding carboxylic acids is 2. The standard InChI is InChI=1S/C25H24N6O3/c1-2-34-25(33)23-21-17-29(15-11-22(21)31(28-23)16-19-6-3-4-12-26-19)24(32)18-7-9-20(10-8-18)30-14-5-13-27-30/h3-10,12-14H,2,11,15-17H2,1H3. The molecule has 9 nitrogen and oxygen atoms in total. The molecule has 1 aliphatic heterocycles. The number of rotatable bonds is 6. The average Bonchev–Trinajstić information content (AvgIpc) is 3.53. The Morgan fingerprint density at radius 1 is 1.06 bits per heavy atom. The van der Waals surface area contributed by atoms with Crippen molar-refractivity contribution >= 4 is 11.9 Å². The Bertz CT molecular complexity index is 1300. The molecule has 4 heterocycles. The van der Waals surface area contributed by atoms with Crippen LogP contribution >= 0.6 is 0 Å². The van der Waals surface area contributed by atoms with Gasteiger partial charge in [0.1, 0.15) is 0 Å². The van der Waals surface area contributed by atoms with Crippen LogP contribution in [0.25, 0.3) is 5.69 Å². The fourth-order valence-corrected chi connectivity index (χ4v) is 4.16. The van der Waals surface area contributed by atoms with Gasteiger partial charge >= 0.3 is 5.97 Å². The number of ether oxygens (including phenoxy) is 1. The van der Waals surface area contributed by atoms with E-state index in [4.69, 9.17) is 4.74 Å². The van der Waals surface area contributed by atoms with Gasteiger partial charge in [-0.2, -0.15) is 10.2 Å². The molecule has 0 unspecified atom stereocenters. The molecule has 172 valence electrons. The molecule has 1 amide bonds. The van der Waals surface area contributed by atoms with Crippen molar-refractivity contribution in [3.8, 4) is 5.69 Å². The van der Waals surface area contributed by atoms with Crippen LogP contribution < -0.4 is 0 Å². The van der Waals surface area contributed by atoms with Gasteiger partial charge in [-0.25, -0.2) is 9.48 Å². The highest BCUT2D eigenvalue weighted by Crippen LogP contribution is 2.25. The summed E-state index contributed by atoms with van der Waals surface area (Å²) in [6, 6.07) is 14.9. The van der Waals surface area contributed by atoms with E-state index in [2.05, 4.69) is 15.2 Å². The smallest absolute Gasteiger partial charge is 0.359 e. The van der Waals surface area contributed by atoms with Crippen molar-refractivity contribution in [2.45, 2.75) is 26.4 Å². The van der Waals surface area contributed by atoms with Crippen molar-refractivity contribution in [2.24, 2.45) is 0 Å². The summed E-state index contributed by atoms with van der Waals surface area (Å²) in [6.45, 7) is 3.30. The fourth-order valence-electron chi connectivity index (χ4n) is 4.16. The lowest BCUT2D eigenvalue weighted by atomic mass is 10.0. The van der Waals surface area contributed by atoms with Gasteiger partial charge in [-0.1, -0.05) is 6.07 Å². The Hall–Kier alpha value is -4.27. The molecule has 3 aromatic heterocycles. The van der Waals surface area contributed by atoms with Gasteiger partial charge in [0.05, 0.1) is 31.1 Å². The number of aromatic nitrogens is 5. The molecule has 0 atom stereocenters. The Kier molecular flexibility index (Phi) is 5.90. The van der Waals surface area contributed by atoms with Crippen LogP contribution in [0.3, 0.4) is 0 Å². The fraction of sp³-hybridized carbons (Fsp3) is 0.240. The zero-order valence-electron chi connectivity index (χ0n) is 18.8. The summed E-state index contributed by atoms with van der Waals surface area (Å²) in [6.07, 6.45) is 5.88. The maximum absolute atomic E-state index is 13.3. The predicted molar refractivity (Wildman–Crippen MR) is 124 cm³/mol. The molecule has 9 heteroatoms. The highest BCUT2D eigenvalue weighted by atomic mass is 16.5. The summed E-state index contributed by atoms with van der Waals surface area (Å²) in [7, 11) is 0. The molecule has 1 aliphatic rings. The number of fused-ring (bicyclic) bond motifs is 1. The first-order valence-electron chi connectivity index (χ1n) is 11.2. The second kappa shape index (κ2) is 9.30. The van der Waals surface area contributed by atoms with E-state index in [0.717, 1.165) is 22.6 Å². The Labute approximate surface area is 196 Å². The molecule has 5 rings (SSSR count). The van der Waals surface area contributed by atoms with Gasteiger partial charge in [0.15, 0.2) is 5.69 Å². The average molecular weight is 457 g/mol. The maximum Gasteiger partial charge on any atom is 0.359 e. The van der Waals surface area contributed by atoms with Crippen LogP contribution in [0.5, 0.6) is 0 Å². The molecule has 0 saturated heterocycles. The number of nitrogens with zero attached hydrogens (tertiary/aromatic N) is 6. The third-order valence-electron chi connectivity index (χ3n) is 5.81. The molecular formula is C25H24N6O3. The first-order valence-corrected chi connectivity index (χ1v) is 11.2. The van der Waals surface area contributed by atoms with Crippen molar-refractivity contribution in [1.29, 1.82) is 0 Å². The second-order valence-electron chi connectivity index (χ2n) is 7.95. The van der Waals surface area contributed by atoms with E-state index in [0.29, 0.717) is 31.6 Å². The number of hydrogen-bond acceptors (Lipinski definition) is 6. The molecule has 0 aliphatic carbocycles. The monoisotopic (exact) mass is 456 g/mol. The lowest BCUT2D eigenvalue weighted by Gasteiger charge is -2.28. The van der Waals surface area contributed by atoms with Crippen molar-refractivity contribution in [2.75, 3.05) is 13.2 Å². The van der Waals surface area contributed by atoms with Gasteiger partial charge in [0.2, 0.25) is 0 Å². The molecule has 1 aromatic carbocycles. The minimum atomic E-state index is -0.476. The third-order valence-corrected chi connectivity index (χ3v) is 5.81. The molecular weight excluding hydrogens is 432 g/mol. The van der Waals surface area contributed by atoms with E-state index in [9.17, 15) is 9.59 Å². The van der Waals surface area contributed by atoms with Crippen LogP contribution in [0, 0.1) is 0 Å². The molecule has 0 spiro atoms. The highest BCUT2D eigenvalue weighted by molar-refractivity contribution is 5.95. The summed E-state index contributed by atoms with van der Waals surface area (Å²) >= 11 is 0. The normalized spacial score (nSPS) is 12.9. The molecule has 0 radical (unpaired) electrons. The van der Waals surface area contributed by atoms with Gasteiger partial charge in [0, 0.05) is 48.4 Å². The van der Waals surface area contributed by atoms with Crippen LogP contribution in [-0.4, -0.2) is 54.5 Å². The van der Waals surface area contributed by atoms with E-state index in [-0.39, 0.29) is 18.2 Å². The van der Waals surface area contributed by atoms with Gasteiger partial charge in [-0.05, 0) is 49.4 Å². The minimum absolute atomic E-state index is 0.0926. The Balaban J connectivity index is 1.40. The van der Waals surface area contributed by atoms with Gasteiger partial charge in [-0.3, -0.25) is 14.5 Å². The van der Waals surface area contributed by atoms with Crippen LogP contribution in [0.4, 0.5) is 0 Å². The number of esters is 1. The van der Waals surface area contributed by atoms with Crippen LogP contribution in [0.2, 0.25) is 0 Å². The number of hydrogen-bond donors (Lipinski definition) is 0. The summed E-state index contributed by atoms with van der Waals surface area (Å²) < 4.78 is 8.79.